The SMILES string of the molecule is CC1NC(=O)C(C(C)C)NC(=O)C(C)(C)C=Cc2ccc3ccc(cc3c2)C(C)OC(=O)C2CCCN(N2)C1=O. The van der Waals surface area contributed by atoms with Crippen molar-refractivity contribution in [3.8, 4) is 0 Å². The molecule has 4 unspecified atom stereocenters. The van der Waals surface area contributed by atoms with Crippen molar-refractivity contribution < 1.29 is 23.9 Å². The van der Waals surface area contributed by atoms with Crippen molar-refractivity contribution in [1.82, 2.24) is 21.1 Å². The largest absolute Gasteiger partial charge is 0.457 e. The summed E-state index contributed by atoms with van der Waals surface area (Å²) in [6.45, 7) is 11.1. The average molecular weight is 549 g/mol. The number of benzene rings is 2. The topological polar surface area (TPSA) is 117 Å². The lowest BCUT2D eigenvalue weighted by Gasteiger charge is -2.35. The van der Waals surface area contributed by atoms with Crippen LogP contribution in [0.25, 0.3) is 16.8 Å². The molecule has 214 valence electrons. The van der Waals surface area contributed by atoms with E-state index < -0.39 is 41.5 Å². The highest BCUT2D eigenvalue weighted by atomic mass is 16.5. The first-order chi connectivity index (χ1) is 18.9. The Morgan fingerprint density at radius 1 is 0.975 bits per heavy atom. The van der Waals surface area contributed by atoms with Crippen LogP contribution >= 0.6 is 0 Å². The Morgan fingerprint density at radius 2 is 1.70 bits per heavy atom. The number of nitrogens with zero attached hydrogens (tertiary/aromatic N) is 1. The molecule has 2 aliphatic heterocycles. The van der Waals surface area contributed by atoms with E-state index in [4.69, 9.17) is 4.74 Å². The number of carbonyl (C=O) groups excluding carboxylic acids is 4. The molecule has 0 radical (unpaired) electrons. The Kier molecular flexibility index (Phi) is 8.63. The summed E-state index contributed by atoms with van der Waals surface area (Å²) >= 11 is 0. The second kappa shape index (κ2) is 11.8. The van der Waals surface area contributed by atoms with Gasteiger partial charge in [-0.2, -0.15) is 0 Å². The van der Waals surface area contributed by atoms with Crippen molar-refractivity contribution >= 4 is 40.5 Å². The lowest BCUT2D eigenvalue weighted by atomic mass is 9.89. The monoisotopic (exact) mass is 548 g/mol. The van der Waals surface area contributed by atoms with Crippen LogP contribution in [0.2, 0.25) is 0 Å². The molecule has 2 aliphatic rings. The molecule has 0 spiro atoms. The van der Waals surface area contributed by atoms with Gasteiger partial charge in [-0.05, 0) is 80.5 Å². The van der Waals surface area contributed by atoms with E-state index in [-0.39, 0.29) is 17.7 Å². The van der Waals surface area contributed by atoms with Gasteiger partial charge in [0.1, 0.15) is 24.2 Å². The first kappa shape index (κ1) is 29.3. The predicted molar refractivity (Wildman–Crippen MR) is 154 cm³/mol. The van der Waals surface area contributed by atoms with Crippen molar-refractivity contribution in [3.05, 3.63) is 53.6 Å². The first-order valence-corrected chi connectivity index (χ1v) is 14.0. The van der Waals surface area contributed by atoms with Crippen molar-refractivity contribution in [2.75, 3.05) is 6.54 Å². The number of nitrogens with one attached hydrogen (secondary N) is 3. The third-order valence-electron chi connectivity index (χ3n) is 7.63. The zero-order valence-electron chi connectivity index (χ0n) is 24.1. The summed E-state index contributed by atoms with van der Waals surface area (Å²) in [5, 5.41) is 9.03. The maximum absolute atomic E-state index is 13.3. The van der Waals surface area contributed by atoms with E-state index in [0.717, 1.165) is 21.9 Å². The molecule has 40 heavy (non-hydrogen) atoms. The van der Waals surface area contributed by atoms with Gasteiger partial charge in [-0.3, -0.25) is 24.2 Å². The minimum atomic E-state index is -0.903. The highest BCUT2D eigenvalue weighted by molar-refractivity contribution is 5.94. The molecular weight excluding hydrogens is 508 g/mol. The molecular formula is C31H40N4O5. The standard InChI is InChI=1S/C31H40N4O5/c1-18(2)26-27(36)32-19(3)28(37)35-15-7-8-25(34-35)29(38)40-20(4)23-12-11-22-10-9-21(16-24(22)17-23)13-14-31(5,6)30(39)33-26/h9-14,16-20,25-26,34H,7-8,15H2,1-6H3,(H,32,36)(H,33,39). The number of rotatable bonds is 1. The molecule has 4 atom stereocenters. The molecule has 3 N–H and O–H groups in total. The molecule has 2 aromatic rings. The van der Waals surface area contributed by atoms with E-state index in [1.165, 1.54) is 5.01 Å². The second-order valence-electron chi connectivity index (χ2n) is 11.7. The van der Waals surface area contributed by atoms with Gasteiger partial charge in [0.25, 0.3) is 5.91 Å². The first-order valence-electron chi connectivity index (χ1n) is 14.0. The minimum absolute atomic E-state index is 0.212. The molecule has 5 bridgehead atoms. The van der Waals surface area contributed by atoms with Crippen molar-refractivity contribution in [2.45, 2.75) is 78.6 Å². The van der Waals surface area contributed by atoms with Gasteiger partial charge in [-0.15, -0.1) is 0 Å². The number of cyclic esters (lactones) is 1. The number of fused-ring (bicyclic) bond motifs is 4. The van der Waals surface area contributed by atoms with Gasteiger partial charge in [0.2, 0.25) is 11.8 Å². The van der Waals surface area contributed by atoms with Crippen LogP contribution in [0.5, 0.6) is 0 Å². The van der Waals surface area contributed by atoms with Crippen molar-refractivity contribution in [1.29, 1.82) is 0 Å². The summed E-state index contributed by atoms with van der Waals surface area (Å²) in [4.78, 5) is 52.8. The Labute approximate surface area is 235 Å². The van der Waals surface area contributed by atoms with Crippen LogP contribution in [0.15, 0.2) is 42.5 Å². The van der Waals surface area contributed by atoms with E-state index in [1.807, 2.05) is 69.3 Å². The number of carbonyl (C=O) groups is 4. The summed E-state index contributed by atoms with van der Waals surface area (Å²) < 4.78 is 5.81. The number of ether oxygens (including phenoxy) is 1. The number of hydrogen-bond acceptors (Lipinski definition) is 6. The zero-order valence-corrected chi connectivity index (χ0v) is 24.1. The van der Waals surface area contributed by atoms with E-state index in [9.17, 15) is 19.2 Å². The van der Waals surface area contributed by atoms with Crippen LogP contribution in [0.4, 0.5) is 0 Å². The molecule has 4 rings (SSSR count). The molecule has 0 aliphatic carbocycles. The fourth-order valence-electron chi connectivity index (χ4n) is 4.92. The second-order valence-corrected chi connectivity index (χ2v) is 11.7. The Bertz CT molecular complexity index is 1330. The van der Waals surface area contributed by atoms with E-state index in [0.29, 0.717) is 19.4 Å². The fourth-order valence-corrected chi connectivity index (χ4v) is 4.92. The van der Waals surface area contributed by atoms with Gasteiger partial charge in [0, 0.05) is 6.54 Å². The van der Waals surface area contributed by atoms with Crippen LogP contribution in [0, 0.1) is 11.3 Å². The van der Waals surface area contributed by atoms with Gasteiger partial charge < -0.3 is 15.4 Å². The zero-order chi connectivity index (χ0) is 29.2. The normalized spacial score (nSPS) is 26.4. The molecule has 0 aromatic heterocycles. The summed E-state index contributed by atoms with van der Waals surface area (Å²) in [6, 6.07) is 9.57. The van der Waals surface area contributed by atoms with Gasteiger partial charge in [-0.1, -0.05) is 50.3 Å². The van der Waals surface area contributed by atoms with Gasteiger partial charge >= 0.3 is 5.97 Å². The Balaban J connectivity index is 1.70. The molecule has 2 aromatic carbocycles. The lowest BCUT2D eigenvalue weighted by molar-refractivity contribution is -0.157. The van der Waals surface area contributed by atoms with Gasteiger partial charge in [0.15, 0.2) is 0 Å². The molecule has 9 nitrogen and oxygen atoms in total. The molecule has 2 heterocycles. The van der Waals surface area contributed by atoms with Crippen LogP contribution in [0.1, 0.15) is 71.6 Å². The van der Waals surface area contributed by atoms with E-state index >= 15 is 0 Å². The van der Waals surface area contributed by atoms with Crippen molar-refractivity contribution in [3.63, 3.8) is 0 Å². The number of esters is 1. The van der Waals surface area contributed by atoms with Gasteiger partial charge in [0.05, 0.1) is 5.41 Å². The highest BCUT2D eigenvalue weighted by Gasteiger charge is 2.35. The summed E-state index contributed by atoms with van der Waals surface area (Å²) in [5.74, 6) is -1.76. The summed E-state index contributed by atoms with van der Waals surface area (Å²) in [5.41, 5.74) is 3.86. The van der Waals surface area contributed by atoms with Crippen LogP contribution in [0.3, 0.4) is 0 Å². The van der Waals surface area contributed by atoms with Crippen LogP contribution < -0.4 is 16.1 Å². The number of hydrogen-bond donors (Lipinski definition) is 3. The Morgan fingerprint density at radius 3 is 2.42 bits per heavy atom. The molecule has 3 amide bonds. The van der Waals surface area contributed by atoms with Crippen molar-refractivity contribution in [2.24, 2.45) is 11.3 Å². The lowest BCUT2D eigenvalue weighted by Crippen LogP contribution is -2.61. The fraction of sp³-hybridized carbons (Fsp3) is 0.484. The quantitative estimate of drug-likeness (QED) is 0.469. The highest BCUT2D eigenvalue weighted by Crippen LogP contribution is 2.26. The minimum Gasteiger partial charge on any atom is -0.457 e. The molecule has 9 heteroatoms. The maximum Gasteiger partial charge on any atom is 0.325 e. The summed E-state index contributed by atoms with van der Waals surface area (Å²) in [7, 11) is 0. The van der Waals surface area contributed by atoms with Crippen LogP contribution in [-0.2, 0) is 23.9 Å². The maximum atomic E-state index is 13.3. The number of amides is 3. The molecule has 0 saturated carbocycles. The van der Waals surface area contributed by atoms with Gasteiger partial charge in [-0.25, -0.2) is 5.43 Å². The third-order valence-corrected chi connectivity index (χ3v) is 7.63. The van der Waals surface area contributed by atoms with E-state index in [1.54, 1.807) is 20.8 Å². The van der Waals surface area contributed by atoms with Crippen LogP contribution in [-0.4, -0.2) is 53.4 Å². The summed E-state index contributed by atoms with van der Waals surface area (Å²) in [6.07, 6.45) is 4.36. The smallest absolute Gasteiger partial charge is 0.325 e. The molecule has 1 saturated heterocycles. The molecule has 1 fully saturated rings. The Hall–Kier alpha value is -3.72. The van der Waals surface area contributed by atoms with E-state index in [2.05, 4.69) is 16.1 Å². The average Bonchev–Trinajstić information content (AvgIpc) is 2.92. The third kappa shape index (κ3) is 6.53. The number of hydrazine groups is 1. The predicted octanol–water partition coefficient (Wildman–Crippen LogP) is 3.64.